The fourth-order valence-corrected chi connectivity index (χ4v) is 3.46. The molecular weight excluding hydrogens is 337 g/mol. The third kappa shape index (κ3) is 3.34. The summed E-state index contributed by atoms with van der Waals surface area (Å²) in [7, 11) is 1.40. The number of piperidine rings is 1. The first-order valence-corrected chi connectivity index (χ1v) is 8.69. The predicted octanol–water partition coefficient (Wildman–Crippen LogP) is 2.78. The molecule has 1 aromatic carbocycles. The quantitative estimate of drug-likeness (QED) is 0.845. The van der Waals surface area contributed by atoms with E-state index in [2.05, 4.69) is 5.10 Å². The molecule has 0 bridgehead atoms. The summed E-state index contributed by atoms with van der Waals surface area (Å²) < 4.78 is 19.5. The third-order valence-corrected chi connectivity index (χ3v) is 4.82. The van der Waals surface area contributed by atoms with Gasteiger partial charge in [-0.05, 0) is 57.4 Å². The number of carbonyl (C=O) groups excluding carboxylic acids is 1. The van der Waals surface area contributed by atoms with Crippen LogP contribution in [0.3, 0.4) is 0 Å². The Morgan fingerprint density at radius 1 is 1.19 bits per heavy atom. The van der Waals surface area contributed by atoms with Gasteiger partial charge < -0.3 is 9.64 Å². The Bertz CT molecular complexity index is 853. The Hall–Kier alpha value is -2.70. The molecule has 7 heteroatoms. The standard InChI is InChI=1S/C19H22FN3O3/c1-12-5-4-6-13(2)22(12)19(25)18-16(26-3)11-17(24)23(21-18)15-9-7-14(20)8-10-15/h7-13H,4-6H2,1-3H3/t12-,13+. The van der Waals surface area contributed by atoms with Crippen LogP contribution in [0.4, 0.5) is 4.39 Å². The first-order valence-electron chi connectivity index (χ1n) is 8.69. The first-order chi connectivity index (χ1) is 12.4. The molecule has 2 aromatic rings. The zero-order chi connectivity index (χ0) is 18.8. The number of rotatable bonds is 3. The van der Waals surface area contributed by atoms with Crippen LogP contribution in [0.1, 0.15) is 43.6 Å². The molecule has 138 valence electrons. The Balaban J connectivity index is 2.08. The lowest BCUT2D eigenvalue weighted by atomic mass is 9.97. The highest BCUT2D eigenvalue weighted by Crippen LogP contribution is 2.26. The average Bonchev–Trinajstić information content (AvgIpc) is 2.62. The number of aromatic nitrogens is 2. The molecule has 2 heterocycles. The van der Waals surface area contributed by atoms with Gasteiger partial charge in [0.2, 0.25) is 0 Å². The maximum Gasteiger partial charge on any atom is 0.278 e. The van der Waals surface area contributed by atoms with Crippen molar-refractivity contribution in [1.82, 2.24) is 14.7 Å². The highest BCUT2D eigenvalue weighted by molar-refractivity contribution is 5.95. The lowest BCUT2D eigenvalue weighted by molar-refractivity contribution is 0.0499. The van der Waals surface area contributed by atoms with Crippen molar-refractivity contribution in [3.8, 4) is 11.4 Å². The van der Waals surface area contributed by atoms with Crippen molar-refractivity contribution in [1.29, 1.82) is 0 Å². The maximum atomic E-state index is 13.2. The molecule has 1 amide bonds. The molecule has 1 aromatic heterocycles. The van der Waals surface area contributed by atoms with Crippen LogP contribution < -0.4 is 10.3 Å². The van der Waals surface area contributed by atoms with Gasteiger partial charge >= 0.3 is 0 Å². The van der Waals surface area contributed by atoms with Crippen LogP contribution in [-0.2, 0) is 0 Å². The molecule has 0 unspecified atom stereocenters. The number of hydrogen-bond donors (Lipinski definition) is 0. The smallest absolute Gasteiger partial charge is 0.278 e. The number of halogens is 1. The molecule has 6 nitrogen and oxygen atoms in total. The summed E-state index contributed by atoms with van der Waals surface area (Å²) in [6.07, 6.45) is 2.93. The summed E-state index contributed by atoms with van der Waals surface area (Å²) >= 11 is 0. The summed E-state index contributed by atoms with van der Waals surface area (Å²) in [6, 6.07) is 6.78. The fourth-order valence-electron chi connectivity index (χ4n) is 3.46. The fraction of sp³-hybridized carbons (Fsp3) is 0.421. The summed E-state index contributed by atoms with van der Waals surface area (Å²) in [4.78, 5) is 27.3. The molecule has 1 aliphatic rings. The van der Waals surface area contributed by atoms with Gasteiger partial charge in [-0.25, -0.2) is 4.39 Å². The normalized spacial score (nSPS) is 20.1. The van der Waals surface area contributed by atoms with Crippen LogP contribution in [0.2, 0.25) is 0 Å². The largest absolute Gasteiger partial charge is 0.494 e. The van der Waals surface area contributed by atoms with E-state index < -0.39 is 11.4 Å². The molecule has 1 fully saturated rings. The number of methoxy groups -OCH3 is 1. The van der Waals surface area contributed by atoms with Gasteiger partial charge in [-0.3, -0.25) is 9.59 Å². The second-order valence-corrected chi connectivity index (χ2v) is 6.63. The molecule has 26 heavy (non-hydrogen) atoms. The number of carbonyl (C=O) groups is 1. The van der Waals surface area contributed by atoms with Gasteiger partial charge in [-0.15, -0.1) is 0 Å². The Labute approximate surface area is 151 Å². The van der Waals surface area contributed by atoms with Crippen molar-refractivity contribution >= 4 is 5.91 Å². The Morgan fingerprint density at radius 2 is 1.81 bits per heavy atom. The molecule has 0 saturated carbocycles. The van der Waals surface area contributed by atoms with Crippen LogP contribution >= 0.6 is 0 Å². The number of nitrogens with zero attached hydrogens (tertiary/aromatic N) is 3. The Morgan fingerprint density at radius 3 is 2.38 bits per heavy atom. The minimum atomic E-state index is -0.454. The van der Waals surface area contributed by atoms with E-state index in [-0.39, 0.29) is 29.4 Å². The SMILES string of the molecule is COc1cc(=O)n(-c2ccc(F)cc2)nc1C(=O)N1[C@H](C)CCC[C@@H]1C. The van der Waals surface area contributed by atoms with E-state index >= 15 is 0 Å². The number of ether oxygens (including phenoxy) is 1. The van der Waals surface area contributed by atoms with Crippen molar-refractivity contribution in [2.75, 3.05) is 7.11 Å². The highest BCUT2D eigenvalue weighted by atomic mass is 19.1. The number of likely N-dealkylation sites (tertiary alicyclic amines) is 1. The topological polar surface area (TPSA) is 64.4 Å². The van der Waals surface area contributed by atoms with Gasteiger partial charge in [0.25, 0.3) is 11.5 Å². The van der Waals surface area contributed by atoms with E-state index in [9.17, 15) is 14.0 Å². The molecule has 0 aliphatic carbocycles. The molecule has 1 aliphatic heterocycles. The van der Waals surface area contributed by atoms with Gasteiger partial charge in [0.05, 0.1) is 18.9 Å². The molecule has 0 radical (unpaired) electrons. The summed E-state index contributed by atoms with van der Waals surface area (Å²) in [5.41, 5.74) is 0.00891. The monoisotopic (exact) mass is 359 g/mol. The minimum absolute atomic E-state index is 0.0806. The summed E-state index contributed by atoms with van der Waals surface area (Å²) in [5.74, 6) is -0.539. The van der Waals surface area contributed by atoms with Crippen LogP contribution in [0.25, 0.3) is 5.69 Å². The van der Waals surface area contributed by atoms with E-state index in [1.165, 1.54) is 37.4 Å². The van der Waals surface area contributed by atoms with Crippen molar-refractivity contribution in [3.63, 3.8) is 0 Å². The molecule has 2 atom stereocenters. The van der Waals surface area contributed by atoms with E-state index in [0.29, 0.717) is 5.69 Å². The molecule has 0 spiro atoms. The van der Waals surface area contributed by atoms with Crippen molar-refractivity contribution in [2.24, 2.45) is 0 Å². The average molecular weight is 359 g/mol. The Kier molecular flexibility index (Phi) is 5.06. The van der Waals surface area contributed by atoms with Crippen LogP contribution in [-0.4, -0.2) is 39.8 Å². The van der Waals surface area contributed by atoms with Crippen LogP contribution in [0, 0.1) is 5.82 Å². The first kappa shape index (κ1) is 18.1. The zero-order valence-electron chi connectivity index (χ0n) is 15.1. The van der Waals surface area contributed by atoms with Gasteiger partial charge in [0.15, 0.2) is 11.4 Å². The lowest BCUT2D eigenvalue weighted by Crippen LogP contribution is -2.48. The molecule has 0 N–H and O–H groups in total. The van der Waals surface area contributed by atoms with Gasteiger partial charge in [-0.2, -0.15) is 9.78 Å². The number of benzene rings is 1. The third-order valence-electron chi connectivity index (χ3n) is 4.82. The summed E-state index contributed by atoms with van der Waals surface area (Å²) in [6.45, 7) is 4.02. The lowest BCUT2D eigenvalue weighted by Gasteiger charge is -2.38. The minimum Gasteiger partial charge on any atom is -0.494 e. The highest BCUT2D eigenvalue weighted by Gasteiger charge is 2.32. The maximum absolute atomic E-state index is 13.2. The zero-order valence-corrected chi connectivity index (χ0v) is 15.1. The molecule has 3 rings (SSSR count). The van der Waals surface area contributed by atoms with E-state index in [0.717, 1.165) is 23.9 Å². The van der Waals surface area contributed by atoms with Crippen LogP contribution in [0.15, 0.2) is 35.1 Å². The second-order valence-electron chi connectivity index (χ2n) is 6.63. The number of hydrogen-bond acceptors (Lipinski definition) is 4. The van der Waals surface area contributed by atoms with Crippen molar-refractivity contribution < 1.29 is 13.9 Å². The van der Waals surface area contributed by atoms with Crippen molar-refractivity contribution in [3.05, 3.63) is 52.2 Å². The second kappa shape index (κ2) is 7.27. The van der Waals surface area contributed by atoms with Gasteiger partial charge in [0, 0.05) is 12.1 Å². The van der Waals surface area contributed by atoms with E-state index in [1.54, 1.807) is 4.90 Å². The van der Waals surface area contributed by atoms with Gasteiger partial charge in [0.1, 0.15) is 5.82 Å². The van der Waals surface area contributed by atoms with E-state index in [1.807, 2.05) is 13.8 Å². The van der Waals surface area contributed by atoms with Gasteiger partial charge in [-0.1, -0.05) is 0 Å². The molecule has 1 saturated heterocycles. The summed E-state index contributed by atoms with van der Waals surface area (Å²) in [5, 5.41) is 4.25. The predicted molar refractivity (Wildman–Crippen MR) is 95.3 cm³/mol. The number of amides is 1. The van der Waals surface area contributed by atoms with Crippen LogP contribution in [0.5, 0.6) is 5.75 Å². The molecular formula is C19H22FN3O3. The van der Waals surface area contributed by atoms with E-state index in [4.69, 9.17) is 4.74 Å². The van der Waals surface area contributed by atoms with Crippen molar-refractivity contribution in [2.45, 2.75) is 45.2 Å².